The molecule has 1 N–H and O–H groups in total. The molecule has 0 aliphatic rings. The van der Waals surface area contributed by atoms with E-state index >= 15 is 0 Å². The number of carboxylic acids is 1. The second kappa shape index (κ2) is 11.8. The van der Waals surface area contributed by atoms with E-state index in [2.05, 4.69) is 11.5 Å². The zero-order valence-corrected chi connectivity index (χ0v) is 21.4. The number of benzene rings is 2. The van der Waals surface area contributed by atoms with E-state index in [1.165, 1.54) is 0 Å². The lowest BCUT2D eigenvalue weighted by molar-refractivity contribution is -0.138. The number of imidazole rings is 1. The first-order valence-electron chi connectivity index (χ1n) is 12.2. The zero-order chi connectivity index (χ0) is 25.5. The summed E-state index contributed by atoms with van der Waals surface area (Å²) < 4.78 is 7.49. The molecule has 0 radical (unpaired) electrons. The number of hydrogen-bond acceptors (Lipinski definition) is 5. The molecule has 36 heavy (non-hydrogen) atoms. The number of nitrogens with zero attached hydrogens (tertiary/aromatic N) is 2. The molecule has 2 aromatic carbocycles. The Morgan fingerprint density at radius 3 is 2.58 bits per heavy atom. The Labute approximate surface area is 214 Å². The molecular formula is C29H30N2O4S. The number of hydrogen-bond donors (Lipinski definition) is 1. The first kappa shape index (κ1) is 25.4. The number of fused-ring (bicyclic) bond motifs is 1. The summed E-state index contributed by atoms with van der Waals surface area (Å²) in [4.78, 5) is 30.4. The van der Waals surface area contributed by atoms with Gasteiger partial charge in [-0.15, -0.1) is 11.3 Å². The van der Waals surface area contributed by atoms with Crippen LogP contribution in [0.2, 0.25) is 0 Å². The number of thiophene rings is 1. The molecule has 4 aromatic rings. The predicted octanol–water partition coefficient (Wildman–Crippen LogP) is 6.38. The number of carbonyl (C=O) groups excluding carboxylic acids is 1. The molecule has 0 fully saturated rings. The fraction of sp³-hybridized carbons (Fsp3) is 0.276. The van der Waals surface area contributed by atoms with Gasteiger partial charge in [0.25, 0.3) is 0 Å². The molecule has 186 valence electrons. The minimum atomic E-state index is -0.944. The summed E-state index contributed by atoms with van der Waals surface area (Å²) in [6.07, 6.45) is 7.04. The van der Waals surface area contributed by atoms with E-state index < -0.39 is 5.97 Å². The number of aromatic carboxylic acids is 1. The predicted molar refractivity (Wildman–Crippen MR) is 143 cm³/mol. The Morgan fingerprint density at radius 2 is 1.89 bits per heavy atom. The van der Waals surface area contributed by atoms with E-state index in [9.17, 15) is 14.7 Å². The van der Waals surface area contributed by atoms with E-state index in [1.54, 1.807) is 24.3 Å². The summed E-state index contributed by atoms with van der Waals surface area (Å²) >= 11 is 1.61. The van der Waals surface area contributed by atoms with Crippen LogP contribution in [-0.4, -0.2) is 33.2 Å². The van der Waals surface area contributed by atoms with Crippen molar-refractivity contribution in [2.45, 2.75) is 46.1 Å². The number of rotatable bonds is 11. The summed E-state index contributed by atoms with van der Waals surface area (Å²) in [5.74, 6) is -0.334. The molecule has 0 saturated heterocycles. The third-order valence-corrected chi connectivity index (χ3v) is 6.98. The van der Waals surface area contributed by atoms with Crippen LogP contribution < -0.4 is 0 Å². The van der Waals surface area contributed by atoms with Crippen LogP contribution in [0.1, 0.15) is 59.0 Å². The minimum Gasteiger partial charge on any atom is -0.478 e. The quantitative estimate of drug-likeness (QED) is 0.190. The Morgan fingerprint density at radius 1 is 1.08 bits per heavy atom. The first-order chi connectivity index (χ1) is 17.5. The van der Waals surface area contributed by atoms with E-state index in [-0.39, 0.29) is 11.5 Å². The second-order valence-corrected chi connectivity index (χ2v) is 9.59. The van der Waals surface area contributed by atoms with E-state index in [0.717, 1.165) is 46.6 Å². The van der Waals surface area contributed by atoms with Gasteiger partial charge >= 0.3 is 11.9 Å². The number of carbonyl (C=O) groups is 2. The summed E-state index contributed by atoms with van der Waals surface area (Å²) in [5, 5.41) is 13.3. The standard InChI is InChI=1S/C29H30N2O4S/c1-3-5-12-27-30-18-22(16-21(29(34)35-4-2)17-23-9-8-15-36-23)31(27)19-20-13-14-26(28(32)33)25-11-7-6-10-24(20)25/h6-11,13-16,18H,3-5,12,17,19H2,1-2H3,(H,32,33)/b21-16+. The lowest BCUT2D eigenvalue weighted by Crippen LogP contribution is -2.12. The maximum atomic E-state index is 12.8. The lowest BCUT2D eigenvalue weighted by atomic mass is 9.99. The third kappa shape index (κ3) is 5.74. The summed E-state index contributed by atoms with van der Waals surface area (Å²) in [7, 11) is 0. The fourth-order valence-corrected chi connectivity index (χ4v) is 5.03. The van der Waals surface area contributed by atoms with Crippen molar-refractivity contribution in [3.8, 4) is 0 Å². The Hall–Kier alpha value is -3.71. The molecule has 0 aliphatic heterocycles. The van der Waals surface area contributed by atoms with E-state index in [1.807, 2.05) is 60.1 Å². The van der Waals surface area contributed by atoms with Gasteiger partial charge in [0.15, 0.2) is 0 Å². The van der Waals surface area contributed by atoms with E-state index in [0.29, 0.717) is 30.5 Å². The number of esters is 1. The molecule has 2 aromatic heterocycles. The van der Waals surface area contributed by atoms with Crippen molar-refractivity contribution in [3.05, 3.63) is 93.2 Å². The molecule has 0 atom stereocenters. The Bertz CT molecular complexity index is 1390. The average molecular weight is 503 g/mol. The van der Waals surface area contributed by atoms with Gasteiger partial charge in [-0.3, -0.25) is 0 Å². The molecular weight excluding hydrogens is 472 g/mol. The highest BCUT2D eigenvalue weighted by molar-refractivity contribution is 7.09. The van der Waals surface area contributed by atoms with Crippen molar-refractivity contribution in [1.82, 2.24) is 9.55 Å². The number of aryl methyl sites for hydroxylation is 1. The number of ether oxygens (including phenoxy) is 1. The third-order valence-electron chi connectivity index (χ3n) is 6.10. The zero-order valence-electron chi connectivity index (χ0n) is 20.6. The van der Waals surface area contributed by atoms with Gasteiger partial charge < -0.3 is 14.4 Å². The van der Waals surface area contributed by atoms with Gasteiger partial charge in [0.05, 0.1) is 24.1 Å². The maximum absolute atomic E-state index is 12.8. The molecule has 7 heteroatoms. The molecule has 4 rings (SSSR count). The van der Waals surface area contributed by atoms with Crippen molar-refractivity contribution in [1.29, 1.82) is 0 Å². The van der Waals surface area contributed by atoms with Crippen LogP contribution in [0.5, 0.6) is 0 Å². The Kier molecular flexibility index (Phi) is 8.33. The molecule has 0 saturated carbocycles. The van der Waals surface area contributed by atoms with Gasteiger partial charge in [0.1, 0.15) is 5.82 Å². The van der Waals surface area contributed by atoms with Crippen LogP contribution in [0.4, 0.5) is 0 Å². The van der Waals surface area contributed by atoms with Crippen LogP contribution >= 0.6 is 11.3 Å². The van der Waals surface area contributed by atoms with Gasteiger partial charge in [-0.2, -0.15) is 0 Å². The maximum Gasteiger partial charge on any atom is 0.336 e. The number of unbranched alkanes of at least 4 members (excludes halogenated alkanes) is 1. The Balaban J connectivity index is 1.79. The van der Waals surface area contributed by atoms with Gasteiger partial charge in [0, 0.05) is 29.8 Å². The van der Waals surface area contributed by atoms with Gasteiger partial charge in [-0.25, -0.2) is 14.6 Å². The highest BCUT2D eigenvalue weighted by Crippen LogP contribution is 2.26. The molecule has 0 aliphatic carbocycles. The van der Waals surface area contributed by atoms with Crippen molar-refractivity contribution in [3.63, 3.8) is 0 Å². The average Bonchev–Trinajstić information content (AvgIpc) is 3.52. The monoisotopic (exact) mass is 502 g/mol. The van der Waals surface area contributed by atoms with Crippen molar-refractivity contribution < 1.29 is 19.4 Å². The first-order valence-corrected chi connectivity index (χ1v) is 13.1. The van der Waals surface area contributed by atoms with Crippen LogP contribution in [0.3, 0.4) is 0 Å². The highest BCUT2D eigenvalue weighted by Gasteiger charge is 2.17. The largest absolute Gasteiger partial charge is 0.478 e. The van der Waals surface area contributed by atoms with Crippen molar-refractivity contribution >= 4 is 40.1 Å². The van der Waals surface area contributed by atoms with Gasteiger partial charge in [0.2, 0.25) is 0 Å². The molecule has 0 spiro atoms. The van der Waals surface area contributed by atoms with Crippen LogP contribution in [0.15, 0.2) is 65.7 Å². The van der Waals surface area contributed by atoms with Gasteiger partial charge in [-0.05, 0) is 53.3 Å². The fourth-order valence-electron chi connectivity index (χ4n) is 4.30. The summed E-state index contributed by atoms with van der Waals surface area (Å²) in [5.41, 5.74) is 2.68. The van der Waals surface area contributed by atoms with Crippen LogP contribution in [0, 0.1) is 0 Å². The van der Waals surface area contributed by atoms with Crippen molar-refractivity contribution in [2.75, 3.05) is 6.61 Å². The highest BCUT2D eigenvalue weighted by atomic mass is 32.1. The molecule has 2 heterocycles. The van der Waals surface area contributed by atoms with Crippen LogP contribution in [-0.2, 0) is 28.9 Å². The summed E-state index contributed by atoms with van der Waals surface area (Å²) in [6, 6.07) is 15.1. The molecule has 0 bridgehead atoms. The van der Waals surface area contributed by atoms with Crippen LogP contribution in [0.25, 0.3) is 16.8 Å². The SMILES string of the molecule is CCCCc1ncc(/C=C(\Cc2cccs2)C(=O)OCC)n1Cc1ccc(C(=O)O)c2ccccc12. The smallest absolute Gasteiger partial charge is 0.336 e. The van der Waals surface area contributed by atoms with E-state index in [4.69, 9.17) is 9.72 Å². The topological polar surface area (TPSA) is 81.4 Å². The number of carboxylic acid groups (broad SMARTS) is 1. The second-order valence-electron chi connectivity index (χ2n) is 8.56. The molecule has 0 unspecified atom stereocenters. The lowest BCUT2D eigenvalue weighted by Gasteiger charge is -2.15. The minimum absolute atomic E-state index is 0.284. The summed E-state index contributed by atoms with van der Waals surface area (Å²) in [6.45, 7) is 4.77. The number of aromatic nitrogens is 2. The van der Waals surface area contributed by atoms with Gasteiger partial charge in [-0.1, -0.05) is 49.7 Å². The van der Waals surface area contributed by atoms with Crippen molar-refractivity contribution in [2.24, 2.45) is 0 Å². The molecule has 0 amide bonds. The normalized spacial score (nSPS) is 11.7. The molecule has 6 nitrogen and oxygen atoms in total.